The Kier molecular flexibility index (Phi) is 3.90. The number of Topliss-reactive ketones (excluding diaryl/α,β-unsaturated/α-hetero) is 1. The smallest absolute Gasteiger partial charge is 0.202 e. The van der Waals surface area contributed by atoms with Gasteiger partial charge in [-0.25, -0.2) is 8.78 Å². The van der Waals surface area contributed by atoms with Gasteiger partial charge >= 0.3 is 0 Å². The van der Waals surface area contributed by atoms with E-state index in [0.29, 0.717) is 5.56 Å². The summed E-state index contributed by atoms with van der Waals surface area (Å²) in [6.45, 7) is 1.53. The van der Waals surface area contributed by atoms with Crippen LogP contribution in [0.1, 0.15) is 17.3 Å². The predicted molar refractivity (Wildman–Crippen MR) is 67.2 cm³/mol. The average Bonchev–Trinajstić information content (AvgIpc) is 2.42. The summed E-state index contributed by atoms with van der Waals surface area (Å²) < 4.78 is 31.4. The highest BCUT2D eigenvalue weighted by Crippen LogP contribution is 2.20. The lowest BCUT2D eigenvalue weighted by Crippen LogP contribution is -2.24. The number of benzene rings is 2. The summed E-state index contributed by atoms with van der Waals surface area (Å²) >= 11 is 0. The van der Waals surface area contributed by atoms with Crippen molar-refractivity contribution in [3.8, 4) is 5.75 Å². The van der Waals surface area contributed by atoms with Gasteiger partial charge in [-0.15, -0.1) is 0 Å². The molecule has 2 rings (SSSR count). The van der Waals surface area contributed by atoms with E-state index in [-0.39, 0.29) is 11.5 Å². The number of halogens is 2. The maximum atomic E-state index is 13.4. The number of hydrogen-bond donors (Lipinski definition) is 0. The molecule has 1 unspecified atom stereocenters. The van der Waals surface area contributed by atoms with Crippen LogP contribution in [0.5, 0.6) is 5.75 Å². The van der Waals surface area contributed by atoms with Gasteiger partial charge in [0.1, 0.15) is 5.82 Å². The Hall–Kier alpha value is -2.23. The van der Waals surface area contributed by atoms with Crippen molar-refractivity contribution in [2.75, 3.05) is 0 Å². The molecule has 0 amide bonds. The van der Waals surface area contributed by atoms with Gasteiger partial charge in [-0.1, -0.05) is 30.3 Å². The Balaban J connectivity index is 2.13. The topological polar surface area (TPSA) is 26.3 Å². The number of carbonyl (C=O) groups excluding carboxylic acids is 1. The van der Waals surface area contributed by atoms with Crippen molar-refractivity contribution in [1.82, 2.24) is 0 Å². The standard InChI is InChI=1S/C15H12F2O2/c1-10(15(18)11-5-3-2-4-6-11)19-14-8-7-12(16)9-13(14)17/h2-10H,1H3. The molecule has 0 aromatic heterocycles. The van der Waals surface area contributed by atoms with E-state index >= 15 is 0 Å². The zero-order valence-electron chi connectivity index (χ0n) is 10.3. The molecule has 2 aromatic carbocycles. The third kappa shape index (κ3) is 3.16. The molecule has 0 bridgehead atoms. The van der Waals surface area contributed by atoms with Gasteiger partial charge < -0.3 is 4.74 Å². The van der Waals surface area contributed by atoms with Gasteiger partial charge in [-0.05, 0) is 19.1 Å². The second-order valence-corrected chi connectivity index (χ2v) is 4.07. The Bertz CT molecular complexity index is 582. The number of rotatable bonds is 4. The molecule has 98 valence electrons. The second kappa shape index (κ2) is 5.61. The zero-order valence-corrected chi connectivity index (χ0v) is 10.3. The van der Waals surface area contributed by atoms with Gasteiger partial charge in [0, 0.05) is 11.6 Å². The van der Waals surface area contributed by atoms with Gasteiger partial charge in [0.2, 0.25) is 5.78 Å². The van der Waals surface area contributed by atoms with Crippen molar-refractivity contribution in [2.45, 2.75) is 13.0 Å². The summed E-state index contributed by atoms with van der Waals surface area (Å²) in [6, 6.07) is 11.5. The van der Waals surface area contributed by atoms with Gasteiger partial charge in [-0.2, -0.15) is 0 Å². The molecular formula is C15H12F2O2. The fourth-order valence-corrected chi connectivity index (χ4v) is 1.65. The molecule has 0 aliphatic heterocycles. The second-order valence-electron chi connectivity index (χ2n) is 4.07. The van der Waals surface area contributed by atoms with Crippen LogP contribution >= 0.6 is 0 Å². The van der Waals surface area contributed by atoms with Crippen LogP contribution in [0.2, 0.25) is 0 Å². The maximum Gasteiger partial charge on any atom is 0.202 e. The lowest BCUT2D eigenvalue weighted by molar-refractivity contribution is 0.0812. The quantitative estimate of drug-likeness (QED) is 0.787. The average molecular weight is 262 g/mol. The Morgan fingerprint density at radius 2 is 1.79 bits per heavy atom. The number of hydrogen-bond acceptors (Lipinski definition) is 2. The van der Waals surface area contributed by atoms with Gasteiger partial charge in [-0.3, -0.25) is 4.79 Å². The molecule has 0 aliphatic rings. The van der Waals surface area contributed by atoms with Gasteiger partial charge in [0.15, 0.2) is 17.7 Å². The Labute approximate surface area is 109 Å². The van der Waals surface area contributed by atoms with Crippen LogP contribution < -0.4 is 4.74 Å². The van der Waals surface area contributed by atoms with Crippen LogP contribution in [0.25, 0.3) is 0 Å². The molecule has 0 aliphatic carbocycles. The van der Waals surface area contributed by atoms with Gasteiger partial charge in [0.05, 0.1) is 0 Å². The Morgan fingerprint density at radius 3 is 2.42 bits per heavy atom. The summed E-state index contributed by atoms with van der Waals surface area (Å²) in [7, 11) is 0. The summed E-state index contributed by atoms with van der Waals surface area (Å²) in [4.78, 5) is 12.0. The van der Waals surface area contributed by atoms with Crippen molar-refractivity contribution in [3.63, 3.8) is 0 Å². The van der Waals surface area contributed by atoms with Crippen LogP contribution in [0.15, 0.2) is 48.5 Å². The summed E-state index contributed by atoms with van der Waals surface area (Å²) in [5.41, 5.74) is 0.484. The molecule has 1 atom stereocenters. The van der Waals surface area contributed by atoms with Crippen molar-refractivity contribution in [3.05, 3.63) is 65.7 Å². The summed E-state index contributed by atoms with van der Waals surface area (Å²) in [6.07, 6.45) is -0.845. The molecule has 0 fully saturated rings. The van der Waals surface area contributed by atoms with E-state index in [2.05, 4.69) is 0 Å². The minimum atomic E-state index is -0.845. The first-order valence-electron chi connectivity index (χ1n) is 5.79. The highest BCUT2D eigenvalue weighted by Gasteiger charge is 2.18. The lowest BCUT2D eigenvalue weighted by atomic mass is 10.1. The maximum absolute atomic E-state index is 13.4. The fourth-order valence-electron chi connectivity index (χ4n) is 1.65. The first kappa shape index (κ1) is 13.2. The molecule has 2 nitrogen and oxygen atoms in total. The number of ether oxygens (including phenoxy) is 1. The van der Waals surface area contributed by atoms with Crippen LogP contribution in [0, 0.1) is 11.6 Å². The lowest BCUT2D eigenvalue weighted by Gasteiger charge is -2.14. The number of carbonyl (C=O) groups is 1. The van der Waals surface area contributed by atoms with Crippen molar-refractivity contribution in [2.24, 2.45) is 0 Å². The summed E-state index contributed by atoms with van der Waals surface area (Å²) in [5, 5.41) is 0. The molecule has 0 spiro atoms. The van der Waals surface area contributed by atoms with Crippen LogP contribution in [0.4, 0.5) is 8.78 Å². The van der Waals surface area contributed by atoms with Crippen molar-refractivity contribution in [1.29, 1.82) is 0 Å². The van der Waals surface area contributed by atoms with Crippen LogP contribution in [0.3, 0.4) is 0 Å². The van der Waals surface area contributed by atoms with Crippen LogP contribution in [-0.4, -0.2) is 11.9 Å². The van der Waals surface area contributed by atoms with E-state index in [1.54, 1.807) is 30.3 Å². The first-order valence-corrected chi connectivity index (χ1v) is 5.79. The zero-order chi connectivity index (χ0) is 13.8. The molecular weight excluding hydrogens is 250 g/mol. The highest BCUT2D eigenvalue weighted by molar-refractivity contribution is 5.99. The van der Waals surface area contributed by atoms with E-state index in [0.717, 1.165) is 12.1 Å². The molecule has 0 heterocycles. The molecule has 0 saturated carbocycles. The third-order valence-electron chi connectivity index (χ3n) is 2.63. The molecule has 0 saturated heterocycles. The Morgan fingerprint density at radius 1 is 1.11 bits per heavy atom. The highest BCUT2D eigenvalue weighted by atomic mass is 19.1. The van der Waals surface area contributed by atoms with E-state index in [1.165, 1.54) is 13.0 Å². The SMILES string of the molecule is CC(Oc1ccc(F)cc1F)C(=O)c1ccccc1. The largest absolute Gasteiger partial charge is 0.479 e. The minimum absolute atomic E-state index is 0.141. The van der Waals surface area contributed by atoms with Crippen LogP contribution in [-0.2, 0) is 0 Å². The minimum Gasteiger partial charge on any atom is -0.479 e. The monoisotopic (exact) mass is 262 g/mol. The van der Waals surface area contributed by atoms with E-state index in [1.807, 2.05) is 0 Å². The van der Waals surface area contributed by atoms with E-state index in [9.17, 15) is 13.6 Å². The summed E-state index contributed by atoms with van der Waals surface area (Å²) in [5.74, 6) is -1.91. The first-order chi connectivity index (χ1) is 9.08. The van der Waals surface area contributed by atoms with E-state index in [4.69, 9.17) is 4.74 Å². The molecule has 4 heteroatoms. The number of ketones is 1. The van der Waals surface area contributed by atoms with Crippen molar-refractivity contribution < 1.29 is 18.3 Å². The molecule has 19 heavy (non-hydrogen) atoms. The van der Waals surface area contributed by atoms with Crippen molar-refractivity contribution >= 4 is 5.78 Å². The molecule has 0 radical (unpaired) electrons. The van der Waals surface area contributed by atoms with E-state index < -0.39 is 17.7 Å². The molecule has 2 aromatic rings. The molecule has 0 N–H and O–H groups in total. The fraction of sp³-hybridized carbons (Fsp3) is 0.133. The normalized spacial score (nSPS) is 11.9. The van der Waals surface area contributed by atoms with Gasteiger partial charge in [0.25, 0.3) is 0 Å². The third-order valence-corrected chi connectivity index (χ3v) is 2.63. The predicted octanol–water partition coefficient (Wildman–Crippen LogP) is 3.62.